The Morgan fingerprint density at radius 2 is 2.19 bits per heavy atom. The lowest BCUT2D eigenvalue weighted by molar-refractivity contribution is 0.0520. The van der Waals surface area contributed by atoms with E-state index in [1.165, 1.54) is 5.56 Å². The molecule has 0 bridgehead atoms. The molecule has 0 amide bonds. The summed E-state index contributed by atoms with van der Waals surface area (Å²) in [5.41, 5.74) is 2.33. The van der Waals surface area contributed by atoms with Crippen molar-refractivity contribution in [2.24, 2.45) is 0 Å². The molecule has 0 fully saturated rings. The maximum atomic E-state index is 11.5. The number of ether oxygens (including phenoxy) is 1. The topological polar surface area (TPSA) is 43.6 Å². The Bertz CT molecular complexity index is 517. The number of hydrogen-bond donors (Lipinski definition) is 0. The van der Waals surface area contributed by atoms with E-state index in [9.17, 15) is 4.79 Å². The van der Waals surface area contributed by atoms with Crippen molar-refractivity contribution in [3.63, 3.8) is 0 Å². The minimum absolute atomic E-state index is 0.357. The number of fused-ring (bicyclic) bond motifs is 1. The fourth-order valence-corrected chi connectivity index (χ4v) is 1.55. The molecular weight excluding hydrogens is 204 g/mol. The Labute approximate surface area is 93.9 Å². The van der Waals surface area contributed by atoms with E-state index < -0.39 is 0 Å². The van der Waals surface area contributed by atoms with Gasteiger partial charge in [-0.05, 0) is 25.0 Å². The standard InChI is InChI=1S/C12H14N2O2/c1-3-9-5-6-11-13-10(8-14(11)7-9)12(15)16-4-2/h5-8H,3-4H2,1-2H3. The van der Waals surface area contributed by atoms with Crippen molar-refractivity contribution in [3.8, 4) is 0 Å². The van der Waals surface area contributed by atoms with Crippen LogP contribution in [-0.2, 0) is 11.2 Å². The molecule has 4 heteroatoms. The van der Waals surface area contributed by atoms with E-state index in [4.69, 9.17) is 4.74 Å². The summed E-state index contributed by atoms with van der Waals surface area (Å²) in [5, 5.41) is 0. The maximum absolute atomic E-state index is 11.5. The molecule has 2 rings (SSSR count). The Kier molecular flexibility index (Phi) is 2.90. The molecule has 0 saturated carbocycles. The number of aryl methyl sites for hydroxylation is 1. The van der Waals surface area contributed by atoms with Gasteiger partial charge in [0.1, 0.15) is 5.65 Å². The van der Waals surface area contributed by atoms with E-state index >= 15 is 0 Å². The number of hydrogen-bond acceptors (Lipinski definition) is 3. The molecule has 0 aliphatic carbocycles. The van der Waals surface area contributed by atoms with Crippen molar-refractivity contribution in [1.29, 1.82) is 0 Å². The highest BCUT2D eigenvalue weighted by Crippen LogP contribution is 2.09. The third-order valence-electron chi connectivity index (χ3n) is 2.41. The number of carbonyl (C=O) groups is 1. The van der Waals surface area contributed by atoms with Crippen LogP contribution in [0.4, 0.5) is 0 Å². The molecule has 16 heavy (non-hydrogen) atoms. The van der Waals surface area contributed by atoms with Crippen molar-refractivity contribution >= 4 is 11.6 Å². The third-order valence-corrected chi connectivity index (χ3v) is 2.41. The molecule has 2 heterocycles. The lowest BCUT2D eigenvalue weighted by atomic mass is 10.2. The zero-order chi connectivity index (χ0) is 11.5. The molecule has 0 aliphatic heterocycles. The Balaban J connectivity index is 2.39. The summed E-state index contributed by atoms with van der Waals surface area (Å²) in [6.07, 6.45) is 4.64. The van der Waals surface area contributed by atoms with Gasteiger partial charge in [-0.2, -0.15) is 0 Å². The molecule has 0 aromatic carbocycles. The molecule has 4 nitrogen and oxygen atoms in total. The second-order valence-electron chi connectivity index (χ2n) is 3.50. The van der Waals surface area contributed by atoms with Crippen LogP contribution in [0.25, 0.3) is 5.65 Å². The van der Waals surface area contributed by atoms with Crippen molar-refractivity contribution < 1.29 is 9.53 Å². The highest BCUT2D eigenvalue weighted by atomic mass is 16.5. The van der Waals surface area contributed by atoms with Crippen molar-refractivity contribution in [2.75, 3.05) is 6.61 Å². The Hall–Kier alpha value is -1.84. The second kappa shape index (κ2) is 4.35. The highest BCUT2D eigenvalue weighted by Gasteiger charge is 2.11. The van der Waals surface area contributed by atoms with Crippen LogP contribution in [0.2, 0.25) is 0 Å². The van der Waals surface area contributed by atoms with Crippen molar-refractivity contribution in [3.05, 3.63) is 35.8 Å². The van der Waals surface area contributed by atoms with Gasteiger partial charge in [-0.25, -0.2) is 9.78 Å². The Morgan fingerprint density at radius 3 is 2.88 bits per heavy atom. The van der Waals surface area contributed by atoms with Gasteiger partial charge >= 0.3 is 5.97 Å². The highest BCUT2D eigenvalue weighted by molar-refractivity contribution is 5.87. The summed E-state index contributed by atoms with van der Waals surface area (Å²) in [6.45, 7) is 4.24. The molecule has 0 atom stereocenters. The molecular formula is C12H14N2O2. The summed E-state index contributed by atoms with van der Waals surface area (Å²) in [4.78, 5) is 15.7. The molecule has 0 aliphatic rings. The zero-order valence-corrected chi connectivity index (χ0v) is 9.43. The van der Waals surface area contributed by atoms with Gasteiger partial charge < -0.3 is 9.14 Å². The van der Waals surface area contributed by atoms with Crippen LogP contribution in [0.3, 0.4) is 0 Å². The molecule has 2 aromatic heterocycles. The van der Waals surface area contributed by atoms with Crippen LogP contribution < -0.4 is 0 Å². The zero-order valence-electron chi connectivity index (χ0n) is 9.43. The minimum Gasteiger partial charge on any atom is -0.461 e. The van der Waals surface area contributed by atoms with Crippen LogP contribution in [0.15, 0.2) is 24.5 Å². The Morgan fingerprint density at radius 1 is 1.38 bits per heavy atom. The van der Waals surface area contributed by atoms with E-state index in [0.717, 1.165) is 12.1 Å². The largest absolute Gasteiger partial charge is 0.461 e. The predicted octanol–water partition coefficient (Wildman–Crippen LogP) is 2.07. The first-order chi connectivity index (χ1) is 7.74. The van der Waals surface area contributed by atoms with Gasteiger partial charge in [-0.15, -0.1) is 0 Å². The van der Waals surface area contributed by atoms with Crippen LogP contribution in [0.5, 0.6) is 0 Å². The summed E-state index contributed by atoms with van der Waals surface area (Å²) in [7, 11) is 0. The van der Waals surface area contributed by atoms with E-state index in [-0.39, 0.29) is 5.97 Å². The number of carbonyl (C=O) groups excluding carboxylic acids is 1. The summed E-state index contributed by atoms with van der Waals surface area (Å²) in [5.74, 6) is -0.371. The number of pyridine rings is 1. The normalized spacial score (nSPS) is 10.6. The molecule has 0 N–H and O–H groups in total. The second-order valence-corrected chi connectivity index (χ2v) is 3.50. The first-order valence-electron chi connectivity index (χ1n) is 5.39. The smallest absolute Gasteiger partial charge is 0.358 e. The molecule has 0 radical (unpaired) electrons. The fourth-order valence-electron chi connectivity index (χ4n) is 1.55. The van der Waals surface area contributed by atoms with Crippen LogP contribution >= 0.6 is 0 Å². The van der Waals surface area contributed by atoms with Crippen LogP contribution in [0, 0.1) is 0 Å². The van der Waals surface area contributed by atoms with E-state index in [0.29, 0.717) is 12.3 Å². The number of imidazole rings is 1. The van der Waals surface area contributed by atoms with Gasteiger partial charge in [0.05, 0.1) is 6.61 Å². The third kappa shape index (κ3) is 1.91. The quantitative estimate of drug-likeness (QED) is 0.741. The van der Waals surface area contributed by atoms with Gasteiger partial charge in [0, 0.05) is 12.4 Å². The number of esters is 1. The van der Waals surface area contributed by atoms with Crippen LogP contribution in [0.1, 0.15) is 29.9 Å². The molecule has 0 unspecified atom stereocenters. The number of aromatic nitrogens is 2. The van der Waals surface area contributed by atoms with Gasteiger partial charge in [0.2, 0.25) is 0 Å². The minimum atomic E-state index is -0.371. The SMILES string of the molecule is CCOC(=O)c1cn2cc(CC)ccc2n1. The van der Waals surface area contributed by atoms with Gasteiger partial charge in [0.15, 0.2) is 5.69 Å². The van der Waals surface area contributed by atoms with Gasteiger partial charge in [0.25, 0.3) is 0 Å². The van der Waals surface area contributed by atoms with Gasteiger partial charge in [-0.3, -0.25) is 0 Å². The van der Waals surface area contributed by atoms with E-state index in [1.807, 2.05) is 22.7 Å². The van der Waals surface area contributed by atoms with Gasteiger partial charge in [-0.1, -0.05) is 13.0 Å². The lowest BCUT2D eigenvalue weighted by Crippen LogP contribution is -2.04. The number of rotatable bonds is 3. The molecule has 0 saturated heterocycles. The first kappa shape index (κ1) is 10.7. The van der Waals surface area contributed by atoms with Crippen molar-refractivity contribution in [1.82, 2.24) is 9.38 Å². The fraction of sp³-hybridized carbons (Fsp3) is 0.333. The average Bonchev–Trinajstić information content (AvgIpc) is 2.71. The first-order valence-corrected chi connectivity index (χ1v) is 5.39. The summed E-state index contributed by atoms with van der Waals surface area (Å²) in [6, 6.07) is 3.92. The summed E-state index contributed by atoms with van der Waals surface area (Å²) >= 11 is 0. The maximum Gasteiger partial charge on any atom is 0.358 e. The molecule has 84 valence electrons. The summed E-state index contributed by atoms with van der Waals surface area (Å²) < 4.78 is 6.75. The lowest BCUT2D eigenvalue weighted by Gasteiger charge is -1.96. The number of nitrogens with zero attached hydrogens (tertiary/aromatic N) is 2. The molecule has 2 aromatic rings. The van der Waals surface area contributed by atoms with Crippen LogP contribution in [-0.4, -0.2) is 22.0 Å². The van der Waals surface area contributed by atoms with Crippen molar-refractivity contribution in [2.45, 2.75) is 20.3 Å². The predicted molar refractivity (Wildman–Crippen MR) is 60.5 cm³/mol. The monoisotopic (exact) mass is 218 g/mol. The molecule has 0 spiro atoms. The average molecular weight is 218 g/mol. The van der Waals surface area contributed by atoms with E-state index in [1.54, 1.807) is 13.1 Å². The van der Waals surface area contributed by atoms with E-state index in [2.05, 4.69) is 11.9 Å².